The van der Waals surface area contributed by atoms with Crippen LogP contribution in [0.5, 0.6) is 0 Å². The molecule has 1 aromatic rings. The van der Waals surface area contributed by atoms with Crippen LogP contribution in [-0.4, -0.2) is 19.8 Å². The first-order chi connectivity index (χ1) is 8.13. The molecule has 0 radical (unpaired) electrons. The van der Waals surface area contributed by atoms with Crippen LogP contribution in [0.4, 0.5) is 10.1 Å². The van der Waals surface area contributed by atoms with Gasteiger partial charge in [0.2, 0.25) is 0 Å². The number of benzene rings is 1. The summed E-state index contributed by atoms with van der Waals surface area (Å²) in [6, 6.07) is 6.25. The van der Waals surface area contributed by atoms with Gasteiger partial charge in [-0.1, -0.05) is 13.8 Å². The highest BCUT2D eigenvalue weighted by molar-refractivity contribution is 5.48. The summed E-state index contributed by atoms with van der Waals surface area (Å²) in [6.45, 7) is 6.11. The molecule has 0 bridgehead atoms. The molecule has 1 N–H and O–H groups in total. The van der Waals surface area contributed by atoms with Gasteiger partial charge in [0.05, 0.1) is 12.2 Å². The van der Waals surface area contributed by atoms with E-state index in [0.717, 1.165) is 6.61 Å². The molecule has 1 aromatic carbocycles. The van der Waals surface area contributed by atoms with Gasteiger partial charge in [0.25, 0.3) is 0 Å². The van der Waals surface area contributed by atoms with Gasteiger partial charge >= 0.3 is 0 Å². The predicted molar refractivity (Wildman–Crippen MR) is 65.3 cm³/mol. The number of hydrogen-bond acceptors (Lipinski definition) is 3. The molecular weight excluding hydrogens is 219 g/mol. The lowest BCUT2D eigenvalue weighted by molar-refractivity contribution is 0.118. The van der Waals surface area contributed by atoms with E-state index in [1.165, 1.54) is 12.1 Å². The van der Waals surface area contributed by atoms with E-state index in [1.807, 2.05) is 0 Å². The molecule has 0 aliphatic carbocycles. The van der Waals surface area contributed by atoms with Crippen molar-refractivity contribution in [2.75, 3.05) is 25.1 Å². The van der Waals surface area contributed by atoms with Gasteiger partial charge in [0, 0.05) is 18.8 Å². The normalized spacial score (nSPS) is 10.3. The first-order valence-electron chi connectivity index (χ1n) is 5.64. The third-order valence-electron chi connectivity index (χ3n) is 2.12. The molecule has 0 unspecified atom stereocenters. The smallest absolute Gasteiger partial charge is 0.143 e. The topological polar surface area (TPSA) is 45.0 Å². The maximum absolute atomic E-state index is 13.2. The molecule has 0 atom stereocenters. The van der Waals surface area contributed by atoms with Crippen molar-refractivity contribution in [2.45, 2.75) is 13.8 Å². The Morgan fingerprint density at radius 2 is 2.24 bits per heavy atom. The van der Waals surface area contributed by atoms with Gasteiger partial charge in [-0.25, -0.2) is 4.39 Å². The lowest BCUT2D eigenvalue weighted by atomic mass is 10.2. The summed E-state index contributed by atoms with van der Waals surface area (Å²) in [4.78, 5) is 0. The van der Waals surface area contributed by atoms with Gasteiger partial charge in [0.15, 0.2) is 0 Å². The third-order valence-corrected chi connectivity index (χ3v) is 2.12. The highest BCUT2D eigenvalue weighted by Gasteiger charge is 2.02. The largest absolute Gasteiger partial charge is 0.383 e. The van der Waals surface area contributed by atoms with Crippen molar-refractivity contribution in [3.63, 3.8) is 0 Å². The molecule has 1 rings (SSSR count). The molecule has 17 heavy (non-hydrogen) atoms. The average molecular weight is 236 g/mol. The molecule has 0 heterocycles. The summed E-state index contributed by atoms with van der Waals surface area (Å²) in [6.07, 6.45) is 0. The van der Waals surface area contributed by atoms with Crippen LogP contribution in [0.25, 0.3) is 0 Å². The van der Waals surface area contributed by atoms with Crippen molar-refractivity contribution < 1.29 is 9.13 Å². The summed E-state index contributed by atoms with van der Waals surface area (Å²) in [5.74, 6) is 0.0166. The highest BCUT2D eigenvalue weighted by Crippen LogP contribution is 2.13. The molecule has 92 valence electrons. The third kappa shape index (κ3) is 4.83. The summed E-state index contributed by atoms with van der Waals surface area (Å²) in [5.41, 5.74) is 0.723. The maximum Gasteiger partial charge on any atom is 0.143 e. The molecule has 0 aromatic heterocycles. The van der Waals surface area contributed by atoms with Crippen LogP contribution in [0, 0.1) is 23.1 Å². The summed E-state index contributed by atoms with van der Waals surface area (Å²) in [7, 11) is 0. The van der Waals surface area contributed by atoms with E-state index in [2.05, 4.69) is 19.2 Å². The summed E-state index contributed by atoms with van der Waals surface area (Å²) in [5, 5.41) is 11.6. The molecule has 0 saturated carbocycles. The molecule has 0 aliphatic rings. The minimum Gasteiger partial charge on any atom is -0.383 e. The van der Waals surface area contributed by atoms with Gasteiger partial charge < -0.3 is 10.1 Å². The monoisotopic (exact) mass is 236 g/mol. The molecule has 0 amide bonds. The fraction of sp³-hybridized carbons (Fsp3) is 0.462. The Labute approximate surface area is 101 Å². The first kappa shape index (κ1) is 13.5. The molecule has 3 nitrogen and oxygen atoms in total. The fourth-order valence-corrected chi connectivity index (χ4v) is 1.30. The maximum atomic E-state index is 13.2. The summed E-state index contributed by atoms with van der Waals surface area (Å²) < 4.78 is 18.6. The van der Waals surface area contributed by atoms with E-state index in [1.54, 1.807) is 12.1 Å². The second-order valence-corrected chi connectivity index (χ2v) is 4.20. The van der Waals surface area contributed by atoms with E-state index in [4.69, 9.17) is 10.00 Å². The standard InChI is InChI=1S/C13H17FN2O/c1-10(2)9-17-6-5-16-12-4-3-11(8-15)13(14)7-12/h3-4,7,10,16H,5-6,9H2,1-2H3. The van der Waals surface area contributed by atoms with Crippen LogP contribution in [0.1, 0.15) is 19.4 Å². The van der Waals surface area contributed by atoms with Crippen LogP contribution >= 0.6 is 0 Å². The number of ether oxygens (including phenoxy) is 1. The SMILES string of the molecule is CC(C)COCCNc1ccc(C#N)c(F)c1. The zero-order valence-electron chi connectivity index (χ0n) is 10.2. The number of anilines is 1. The number of nitriles is 1. The average Bonchev–Trinajstić information content (AvgIpc) is 2.28. The van der Waals surface area contributed by atoms with Crippen molar-refractivity contribution in [1.82, 2.24) is 0 Å². The second-order valence-electron chi connectivity index (χ2n) is 4.20. The zero-order chi connectivity index (χ0) is 12.7. The van der Waals surface area contributed by atoms with Crippen molar-refractivity contribution in [1.29, 1.82) is 5.26 Å². The molecule has 0 aliphatic heterocycles. The van der Waals surface area contributed by atoms with Crippen molar-refractivity contribution in [3.8, 4) is 6.07 Å². The van der Waals surface area contributed by atoms with E-state index in [9.17, 15) is 4.39 Å². The minimum absolute atomic E-state index is 0.0617. The van der Waals surface area contributed by atoms with Crippen LogP contribution in [0.15, 0.2) is 18.2 Å². The Kier molecular flexibility index (Phi) is 5.44. The number of halogens is 1. The highest BCUT2D eigenvalue weighted by atomic mass is 19.1. The molecule has 0 saturated heterocycles. The zero-order valence-corrected chi connectivity index (χ0v) is 10.2. The van der Waals surface area contributed by atoms with Crippen LogP contribution in [0.2, 0.25) is 0 Å². The van der Waals surface area contributed by atoms with Gasteiger partial charge in [-0.15, -0.1) is 0 Å². The van der Waals surface area contributed by atoms with Crippen molar-refractivity contribution >= 4 is 5.69 Å². The Balaban J connectivity index is 2.33. The van der Waals surface area contributed by atoms with Gasteiger partial charge in [-0.2, -0.15) is 5.26 Å². The van der Waals surface area contributed by atoms with Crippen LogP contribution in [-0.2, 0) is 4.74 Å². The molecule has 4 heteroatoms. The number of nitrogens with zero attached hydrogens (tertiary/aromatic N) is 1. The van der Waals surface area contributed by atoms with Gasteiger partial charge in [-0.05, 0) is 24.1 Å². The predicted octanol–water partition coefficient (Wildman–Crippen LogP) is 2.78. The van der Waals surface area contributed by atoms with E-state index in [0.29, 0.717) is 24.8 Å². The molecular formula is C13H17FN2O. The number of rotatable bonds is 6. The first-order valence-corrected chi connectivity index (χ1v) is 5.64. The Morgan fingerprint density at radius 1 is 1.47 bits per heavy atom. The quantitative estimate of drug-likeness (QED) is 0.772. The van der Waals surface area contributed by atoms with E-state index >= 15 is 0 Å². The molecule has 0 fully saturated rings. The van der Waals surface area contributed by atoms with E-state index in [-0.39, 0.29) is 5.56 Å². The van der Waals surface area contributed by atoms with Crippen LogP contribution < -0.4 is 5.32 Å². The lowest BCUT2D eigenvalue weighted by Gasteiger charge is -2.09. The van der Waals surface area contributed by atoms with E-state index < -0.39 is 5.82 Å². The van der Waals surface area contributed by atoms with Gasteiger partial charge in [-0.3, -0.25) is 0 Å². The number of nitrogens with one attached hydrogen (secondary N) is 1. The number of hydrogen-bond donors (Lipinski definition) is 1. The Hall–Kier alpha value is -1.60. The van der Waals surface area contributed by atoms with Crippen LogP contribution in [0.3, 0.4) is 0 Å². The Morgan fingerprint density at radius 3 is 2.82 bits per heavy atom. The Bertz CT molecular complexity index is 399. The summed E-state index contributed by atoms with van der Waals surface area (Å²) >= 11 is 0. The van der Waals surface area contributed by atoms with Gasteiger partial charge in [0.1, 0.15) is 11.9 Å². The van der Waals surface area contributed by atoms with Crippen molar-refractivity contribution in [2.24, 2.45) is 5.92 Å². The minimum atomic E-state index is -0.499. The fourth-order valence-electron chi connectivity index (χ4n) is 1.30. The van der Waals surface area contributed by atoms with Crippen molar-refractivity contribution in [3.05, 3.63) is 29.6 Å². The lowest BCUT2D eigenvalue weighted by Crippen LogP contribution is -2.12. The second kappa shape index (κ2) is 6.87. The molecule has 0 spiro atoms.